The molecule has 0 spiro atoms. The third-order valence-corrected chi connectivity index (χ3v) is 7.96. The summed E-state index contributed by atoms with van der Waals surface area (Å²) >= 11 is 2.40. The maximum Gasteiger partial charge on any atom is 0.341 e. The van der Waals surface area contributed by atoms with Gasteiger partial charge in [0.15, 0.2) is 5.17 Å². The Morgan fingerprint density at radius 3 is 2.46 bits per heavy atom. The first-order valence-electron chi connectivity index (χ1n) is 12.8. The van der Waals surface area contributed by atoms with Gasteiger partial charge in [-0.2, -0.15) is 5.10 Å². The molecule has 0 saturated heterocycles. The lowest BCUT2D eigenvalue weighted by Gasteiger charge is -2.17. The zero-order chi connectivity index (χ0) is 28.9. The molecule has 0 fully saturated rings. The van der Waals surface area contributed by atoms with E-state index in [1.807, 2.05) is 86.2 Å². The predicted molar refractivity (Wildman–Crippen MR) is 164 cm³/mol. The first kappa shape index (κ1) is 28.1. The largest absolute Gasteiger partial charge is 0.462 e. The maximum atomic E-state index is 13.4. The number of thioether (sulfide) groups is 1. The van der Waals surface area contributed by atoms with Crippen LogP contribution in [0.15, 0.2) is 82.9 Å². The summed E-state index contributed by atoms with van der Waals surface area (Å²) in [6, 6.07) is 18.6. The smallest absolute Gasteiger partial charge is 0.341 e. The first-order valence-corrected chi connectivity index (χ1v) is 14.7. The number of hydrogen-bond donors (Lipinski definition) is 1. The van der Waals surface area contributed by atoms with Crippen molar-refractivity contribution in [2.75, 3.05) is 22.6 Å². The summed E-state index contributed by atoms with van der Waals surface area (Å²) in [5.41, 5.74) is 4.32. The van der Waals surface area contributed by atoms with E-state index in [0.717, 1.165) is 28.6 Å². The second kappa shape index (κ2) is 12.4. The predicted octanol–water partition coefficient (Wildman–Crippen LogP) is 5.75. The molecule has 3 heterocycles. The van der Waals surface area contributed by atoms with E-state index in [9.17, 15) is 14.4 Å². The van der Waals surface area contributed by atoms with Crippen molar-refractivity contribution in [3.63, 3.8) is 0 Å². The lowest BCUT2D eigenvalue weighted by atomic mass is 10.0. The minimum atomic E-state index is -0.503. The Hall–Kier alpha value is -4.48. The van der Waals surface area contributed by atoms with Crippen LogP contribution < -0.4 is 10.2 Å². The lowest BCUT2D eigenvalue weighted by molar-refractivity contribution is -0.114. The van der Waals surface area contributed by atoms with Gasteiger partial charge in [-0.25, -0.2) is 9.79 Å². The number of anilines is 2. The molecule has 0 radical (unpaired) electrons. The van der Waals surface area contributed by atoms with Crippen LogP contribution in [0.3, 0.4) is 0 Å². The Bertz CT molecular complexity index is 1660. The SMILES string of the molecule is CCOC(=O)c1c(-c2ccccc2)csc1NC(=O)CSC1=NC(=Cc2cn(C)nc2C)C(=O)N1c1ccccc1. The van der Waals surface area contributed by atoms with Gasteiger partial charge in [-0.05, 0) is 37.6 Å². The van der Waals surface area contributed by atoms with Gasteiger partial charge in [-0.15, -0.1) is 11.3 Å². The fourth-order valence-electron chi connectivity index (χ4n) is 4.28. The van der Waals surface area contributed by atoms with E-state index in [0.29, 0.717) is 27.0 Å². The highest BCUT2D eigenvalue weighted by Crippen LogP contribution is 2.36. The minimum absolute atomic E-state index is 0.0323. The third kappa shape index (κ3) is 6.16. The second-order valence-corrected chi connectivity index (χ2v) is 10.8. The number of hydrogen-bond acceptors (Lipinski definition) is 8. The number of nitrogens with zero attached hydrogens (tertiary/aromatic N) is 4. The van der Waals surface area contributed by atoms with Gasteiger partial charge in [0.1, 0.15) is 16.3 Å². The summed E-state index contributed by atoms with van der Waals surface area (Å²) in [4.78, 5) is 45.5. The summed E-state index contributed by atoms with van der Waals surface area (Å²) in [5, 5.41) is 9.82. The molecule has 0 atom stereocenters. The van der Waals surface area contributed by atoms with Crippen LogP contribution in [0, 0.1) is 6.92 Å². The van der Waals surface area contributed by atoms with Gasteiger partial charge in [0.05, 0.1) is 23.7 Å². The minimum Gasteiger partial charge on any atom is -0.462 e. The van der Waals surface area contributed by atoms with Gasteiger partial charge in [-0.3, -0.25) is 19.2 Å². The summed E-state index contributed by atoms with van der Waals surface area (Å²) in [7, 11) is 1.81. The van der Waals surface area contributed by atoms with E-state index in [2.05, 4.69) is 15.4 Å². The molecule has 0 bridgehead atoms. The van der Waals surface area contributed by atoms with Crippen molar-refractivity contribution in [1.29, 1.82) is 0 Å². The molecule has 0 unspecified atom stereocenters. The molecule has 4 aromatic rings. The van der Waals surface area contributed by atoms with E-state index < -0.39 is 5.97 Å². The second-order valence-electron chi connectivity index (χ2n) is 9.02. The Morgan fingerprint density at radius 2 is 1.80 bits per heavy atom. The fourth-order valence-corrected chi connectivity index (χ4v) is 6.07. The number of rotatable bonds is 8. The quantitative estimate of drug-likeness (QED) is 0.209. The Kier molecular flexibility index (Phi) is 8.46. The number of para-hydroxylation sites is 1. The number of carbonyl (C=O) groups is 3. The molecule has 11 heteroatoms. The van der Waals surface area contributed by atoms with E-state index in [-0.39, 0.29) is 29.9 Å². The van der Waals surface area contributed by atoms with E-state index in [1.165, 1.54) is 16.2 Å². The van der Waals surface area contributed by atoms with Crippen LogP contribution in [0.1, 0.15) is 28.5 Å². The number of amides is 2. The normalized spacial score (nSPS) is 13.9. The number of benzene rings is 2. The van der Waals surface area contributed by atoms with Gasteiger partial charge in [0.2, 0.25) is 5.91 Å². The Balaban J connectivity index is 1.38. The average Bonchev–Trinajstić information content (AvgIpc) is 3.63. The zero-order valence-corrected chi connectivity index (χ0v) is 24.3. The van der Waals surface area contributed by atoms with Crippen LogP contribution in [0.25, 0.3) is 17.2 Å². The molecule has 0 aliphatic carbocycles. The number of carbonyl (C=O) groups excluding carboxylic acids is 3. The monoisotopic (exact) mass is 585 g/mol. The molecule has 41 heavy (non-hydrogen) atoms. The van der Waals surface area contributed by atoms with Crippen molar-refractivity contribution < 1.29 is 19.1 Å². The number of aryl methyl sites for hydroxylation is 2. The fraction of sp³-hybridized carbons (Fsp3) is 0.167. The van der Waals surface area contributed by atoms with Gasteiger partial charge >= 0.3 is 5.97 Å². The highest BCUT2D eigenvalue weighted by Gasteiger charge is 2.33. The number of ether oxygens (including phenoxy) is 1. The van der Waals surface area contributed by atoms with Crippen LogP contribution in [-0.2, 0) is 21.4 Å². The number of aliphatic imine (C=N–C) groups is 1. The molecule has 1 N–H and O–H groups in total. The molecule has 1 aliphatic heterocycles. The Morgan fingerprint density at radius 1 is 1.10 bits per heavy atom. The molecule has 2 aromatic heterocycles. The van der Waals surface area contributed by atoms with Gasteiger partial charge in [-0.1, -0.05) is 60.3 Å². The highest BCUT2D eigenvalue weighted by atomic mass is 32.2. The summed E-state index contributed by atoms with van der Waals surface area (Å²) < 4.78 is 6.97. The molecule has 0 saturated carbocycles. The number of nitrogens with one attached hydrogen (secondary N) is 1. The van der Waals surface area contributed by atoms with Crippen LogP contribution in [0.2, 0.25) is 0 Å². The molecule has 9 nitrogen and oxygen atoms in total. The van der Waals surface area contributed by atoms with Gasteiger partial charge < -0.3 is 10.1 Å². The summed E-state index contributed by atoms with van der Waals surface area (Å²) in [6.07, 6.45) is 3.53. The van der Waals surface area contributed by atoms with Crippen molar-refractivity contribution in [2.24, 2.45) is 12.0 Å². The molecule has 208 valence electrons. The molecular weight excluding hydrogens is 558 g/mol. The van der Waals surface area contributed by atoms with Crippen LogP contribution in [-0.4, -0.2) is 45.1 Å². The molecule has 5 rings (SSSR count). The molecular formula is C30H27N5O4S2. The molecule has 2 aromatic carbocycles. The number of amidine groups is 1. The van der Waals surface area contributed by atoms with Gasteiger partial charge in [0, 0.05) is 29.8 Å². The zero-order valence-electron chi connectivity index (χ0n) is 22.7. The summed E-state index contributed by atoms with van der Waals surface area (Å²) in [5.74, 6) is -1.17. The van der Waals surface area contributed by atoms with Crippen molar-refractivity contribution in [2.45, 2.75) is 13.8 Å². The first-order chi connectivity index (χ1) is 19.9. The van der Waals surface area contributed by atoms with Crippen LogP contribution in [0.4, 0.5) is 10.7 Å². The van der Waals surface area contributed by atoms with E-state index in [1.54, 1.807) is 17.7 Å². The van der Waals surface area contributed by atoms with Crippen LogP contribution >= 0.6 is 23.1 Å². The van der Waals surface area contributed by atoms with Crippen molar-refractivity contribution in [1.82, 2.24) is 9.78 Å². The molecule has 2 amide bonds. The number of thiophene rings is 1. The van der Waals surface area contributed by atoms with Gasteiger partial charge in [0.25, 0.3) is 5.91 Å². The standard InChI is InChI=1S/C30H27N5O4S2/c1-4-39-29(38)26-23(20-11-7-5-8-12-20)17-40-27(26)32-25(36)18-41-30-31-24(15-21-16-34(3)33-19(21)2)28(37)35(30)22-13-9-6-10-14-22/h5-17H,4,18H2,1-3H3,(H,32,36). The summed E-state index contributed by atoms with van der Waals surface area (Å²) in [6.45, 7) is 3.81. The topological polar surface area (TPSA) is 106 Å². The number of aromatic nitrogens is 2. The maximum absolute atomic E-state index is 13.4. The third-order valence-electron chi connectivity index (χ3n) is 6.13. The van der Waals surface area contributed by atoms with E-state index in [4.69, 9.17) is 4.74 Å². The van der Waals surface area contributed by atoms with Crippen molar-refractivity contribution in [3.05, 3.63) is 94.8 Å². The van der Waals surface area contributed by atoms with Crippen molar-refractivity contribution in [3.8, 4) is 11.1 Å². The lowest BCUT2D eigenvalue weighted by Crippen LogP contribution is -2.31. The Labute approximate surface area is 245 Å². The number of esters is 1. The molecule has 1 aliphatic rings. The van der Waals surface area contributed by atoms with E-state index >= 15 is 0 Å². The van der Waals surface area contributed by atoms with Crippen LogP contribution in [0.5, 0.6) is 0 Å². The average molecular weight is 586 g/mol. The van der Waals surface area contributed by atoms with Crippen molar-refractivity contribution >= 4 is 62.8 Å². The highest BCUT2D eigenvalue weighted by molar-refractivity contribution is 8.14.